The first kappa shape index (κ1) is 14.3. The van der Waals surface area contributed by atoms with E-state index in [-0.39, 0.29) is 5.69 Å². The van der Waals surface area contributed by atoms with Crippen molar-refractivity contribution < 1.29 is 9.31 Å². The standard InChI is InChI=1S/C15H20FN3O2/c1-17(11-2-3-11)12-6-8-18(9-7-12)15-5-4-13(19(20)21)10-14(15)16/h4-5,10-12H,2-3,6-9H2,1H3. The van der Waals surface area contributed by atoms with Gasteiger partial charge in [-0.15, -0.1) is 0 Å². The second-order valence-electron chi connectivity index (χ2n) is 6.01. The highest BCUT2D eigenvalue weighted by Crippen LogP contribution is 2.32. The fourth-order valence-corrected chi connectivity index (χ4v) is 3.16. The smallest absolute Gasteiger partial charge is 0.272 e. The average molecular weight is 293 g/mol. The van der Waals surface area contributed by atoms with Gasteiger partial charge < -0.3 is 9.80 Å². The van der Waals surface area contributed by atoms with Gasteiger partial charge in [-0.1, -0.05) is 0 Å². The van der Waals surface area contributed by atoms with E-state index in [1.54, 1.807) is 0 Å². The lowest BCUT2D eigenvalue weighted by molar-refractivity contribution is -0.385. The summed E-state index contributed by atoms with van der Waals surface area (Å²) in [7, 11) is 2.18. The van der Waals surface area contributed by atoms with Crippen molar-refractivity contribution in [3.8, 4) is 0 Å². The molecule has 0 unspecified atom stereocenters. The van der Waals surface area contributed by atoms with Gasteiger partial charge in [-0.25, -0.2) is 4.39 Å². The first-order valence-electron chi connectivity index (χ1n) is 7.47. The summed E-state index contributed by atoms with van der Waals surface area (Å²) in [6.45, 7) is 1.60. The Labute approximate surface area is 123 Å². The third-order valence-electron chi connectivity index (χ3n) is 4.65. The number of nitro groups is 1. The first-order chi connectivity index (χ1) is 10.1. The van der Waals surface area contributed by atoms with Crippen molar-refractivity contribution in [3.05, 3.63) is 34.1 Å². The summed E-state index contributed by atoms with van der Waals surface area (Å²) in [5.41, 5.74) is 0.285. The maximum atomic E-state index is 14.0. The quantitative estimate of drug-likeness (QED) is 0.632. The third-order valence-corrected chi connectivity index (χ3v) is 4.65. The van der Waals surface area contributed by atoms with Crippen molar-refractivity contribution in [1.82, 2.24) is 4.90 Å². The van der Waals surface area contributed by atoms with Crippen LogP contribution in [0.15, 0.2) is 18.2 Å². The van der Waals surface area contributed by atoms with Crippen LogP contribution in [-0.4, -0.2) is 42.0 Å². The van der Waals surface area contributed by atoms with Crippen molar-refractivity contribution in [2.24, 2.45) is 0 Å². The molecule has 1 heterocycles. The molecule has 0 radical (unpaired) electrons. The number of hydrogen-bond donors (Lipinski definition) is 0. The van der Waals surface area contributed by atoms with Gasteiger partial charge in [0.05, 0.1) is 16.7 Å². The monoisotopic (exact) mass is 293 g/mol. The number of nitrogens with zero attached hydrogens (tertiary/aromatic N) is 3. The van der Waals surface area contributed by atoms with Crippen LogP contribution in [0, 0.1) is 15.9 Å². The number of hydrogen-bond acceptors (Lipinski definition) is 4. The van der Waals surface area contributed by atoms with E-state index in [9.17, 15) is 14.5 Å². The van der Waals surface area contributed by atoms with Crippen LogP contribution in [0.5, 0.6) is 0 Å². The van der Waals surface area contributed by atoms with Gasteiger partial charge in [-0.05, 0) is 38.8 Å². The number of halogens is 1. The lowest BCUT2D eigenvalue weighted by Gasteiger charge is -2.38. The molecule has 1 saturated heterocycles. The number of benzene rings is 1. The van der Waals surface area contributed by atoms with E-state index in [1.807, 2.05) is 4.90 Å². The van der Waals surface area contributed by atoms with Gasteiger partial charge in [-0.2, -0.15) is 0 Å². The number of piperidine rings is 1. The molecule has 1 aromatic carbocycles. The molecule has 21 heavy (non-hydrogen) atoms. The van der Waals surface area contributed by atoms with Gasteiger partial charge in [0.15, 0.2) is 5.82 Å². The normalized spacial score (nSPS) is 20.0. The van der Waals surface area contributed by atoms with Crippen LogP contribution in [0.1, 0.15) is 25.7 Å². The van der Waals surface area contributed by atoms with Crippen molar-refractivity contribution >= 4 is 11.4 Å². The van der Waals surface area contributed by atoms with Gasteiger partial charge in [0.1, 0.15) is 0 Å². The van der Waals surface area contributed by atoms with E-state index in [4.69, 9.17) is 0 Å². The van der Waals surface area contributed by atoms with Gasteiger partial charge >= 0.3 is 0 Å². The zero-order valence-corrected chi connectivity index (χ0v) is 12.2. The molecule has 0 bridgehead atoms. The molecule has 1 aliphatic heterocycles. The molecule has 0 N–H and O–H groups in total. The summed E-state index contributed by atoms with van der Waals surface area (Å²) in [6.07, 6.45) is 4.63. The Hall–Kier alpha value is -1.69. The number of rotatable bonds is 4. The predicted octanol–water partition coefficient (Wildman–Crippen LogP) is 2.80. The summed E-state index contributed by atoms with van der Waals surface area (Å²) < 4.78 is 14.0. The van der Waals surface area contributed by atoms with Crippen LogP contribution in [0.2, 0.25) is 0 Å². The Balaban J connectivity index is 1.65. The largest absolute Gasteiger partial charge is 0.369 e. The number of non-ortho nitro benzene ring substituents is 1. The van der Waals surface area contributed by atoms with Gasteiger partial charge in [0.25, 0.3) is 5.69 Å². The van der Waals surface area contributed by atoms with Crippen LogP contribution in [-0.2, 0) is 0 Å². The molecule has 3 rings (SSSR count). The van der Waals surface area contributed by atoms with Crippen LogP contribution in [0.4, 0.5) is 15.8 Å². The van der Waals surface area contributed by atoms with Gasteiger partial charge in [0.2, 0.25) is 0 Å². The minimum absolute atomic E-state index is 0.195. The Kier molecular flexibility index (Phi) is 3.80. The van der Waals surface area contributed by atoms with Crippen LogP contribution in [0.3, 0.4) is 0 Å². The fourth-order valence-electron chi connectivity index (χ4n) is 3.16. The Morgan fingerprint density at radius 2 is 1.86 bits per heavy atom. The van der Waals surface area contributed by atoms with E-state index < -0.39 is 10.7 Å². The molecule has 6 heteroatoms. The third kappa shape index (κ3) is 3.00. The van der Waals surface area contributed by atoms with E-state index in [1.165, 1.54) is 25.0 Å². The minimum atomic E-state index is -0.566. The lowest BCUT2D eigenvalue weighted by Crippen LogP contribution is -2.44. The van der Waals surface area contributed by atoms with E-state index in [0.29, 0.717) is 11.7 Å². The van der Waals surface area contributed by atoms with Crippen molar-refractivity contribution in [2.75, 3.05) is 25.0 Å². The topological polar surface area (TPSA) is 49.6 Å². The van der Waals surface area contributed by atoms with Gasteiger partial charge in [0, 0.05) is 31.2 Å². The summed E-state index contributed by atoms with van der Waals surface area (Å²) in [4.78, 5) is 14.5. The Morgan fingerprint density at radius 1 is 1.24 bits per heavy atom. The molecule has 2 fully saturated rings. The summed E-state index contributed by atoms with van der Waals surface area (Å²) >= 11 is 0. The van der Waals surface area contributed by atoms with E-state index in [0.717, 1.165) is 38.0 Å². The maximum absolute atomic E-state index is 14.0. The van der Waals surface area contributed by atoms with E-state index in [2.05, 4.69) is 11.9 Å². The van der Waals surface area contributed by atoms with Crippen molar-refractivity contribution in [1.29, 1.82) is 0 Å². The lowest BCUT2D eigenvalue weighted by atomic mass is 10.0. The highest BCUT2D eigenvalue weighted by molar-refractivity contribution is 5.52. The van der Waals surface area contributed by atoms with Gasteiger partial charge in [-0.3, -0.25) is 10.1 Å². The molecule has 2 aliphatic rings. The summed E-state index contributed by atoms with van der Waals surface area (Å²) in [5, 5.41) is 10.6. The number of nitro benzene ring substituents is 1. The highest BCUT2D eigenvalue weighted by Gasteiger charge is 2.33. The molecule has 5 nitrogen and oxygen atoms in total. The Bertz CT molecular complexity index is 540. The predicted molar refractivity (Wildman–Crippen MR) is 79.1 cm³/mol. The van der Waals surface area contributed by atoms with Crippen molar-refractivity contribution in [3.63, 3.8) is 0 Å². The minimum Gasteiger partial charge on any atom is -0.369 e. The number of anilines is 1. The molecule has 114 valence electrons. The molecule has 1 aliphatic carbocycles. The fraction of sp³-hybridized carbons (Fsp3) is 0.600. The SMILES string of the molecule is CN(C1CC1)C1CCN(c2ccc([N+](=O)[O-])cc2F)CC1. The molecule has 0 atom stereocenters. The van der Waals surface area contributed by atoms with Crippen LogP contribution >= 0.6 is 0 Å². The molecular weight excluding hydrogens is 273 g/mol. The zero-order chi connectivity index (χ0) is 15.0. The molecule has 1 saturated carbocycles. The highest BCUT2D eigenvalue weighted by atomic mass is 19.1. The molecule has 1 aromatic rings. The summed E-state index contributed by atoms with van der Waals surface area (Å²) in [6, 6.07) is 5.24. The molecule has 0 spiro atoms. The average Bonchev–Trinajstić information content (AvgIpc) is 3.31. The maximum Gasteiger partial charge on any atom is 0.272 e. The molecule has 0 aromatic heterocycles. The molecule has 0 amide bonds. The van der Waals surface area contributed by atoms with Crippen LogP contribution < -0.4 is 4.90 Å². The first-order valence-corrected chi connectivity index (χ1v) is 7.47. The zero-order valence-electron chi connectivity index (χ0n) is 12.2. The molecular formula is C15H20FN3O2. The van der Waals surface area contributed by atoms with Crippen LogP contribution in [0.25, 0.3) is 0 Å². The second-order valence-corrected chi connectivity index (χ2v) is 6.01. The Morgan fingerprint density at radius 3 is 2.38 bits per heavy atom. The summed E-state index contributed by atoms with van der Waals surface area (Å²) in [5.74, 6) is -0.502. The van der Waals surface area contributed by atoms with Crippen molar-refractivity contribution in [2.45, 2.75) is 37.8 Å². The second kappa shape index (κ2) is 5.60. The van der Waals surface area contributed by atoms with E-state index >= 15 is 0 Å².